The predicted molar refractivity (Wildman–Crippen MR) is 102 cm³/mol. The maximum atomic E-state index is 9.36. The molecule has 2 fully saturated rings. The van der Waals surface area contributed by atoms with E-state index in [-0.39, 0.29) is 12.2 Å². The lowest BCUT2D eigenvalue weighted by Gasteiger charge is -2.25. The molecule has 0 aliphatic carbocycles. The third-order valence-electron chi connectivity index (χ3n) is 4.15. The first-order valence-corrected chi connectivity index (χ1v) is 9.77. The van der Waals surface area contributed by atoms with Gasteiger partial charge in [-0.3, -0.25) is 0 Å². The molecule has 2 aliphatic heterocycles. The van der Waals surface area contributed by atoms with Crippen molar-refractivity contribution in [1.82, 2.24) is 9.80 Å². The first kappa shape index (κ1) is 25.1. The fourth-order valence-corrected chi connectivity index (χ4v) is 2.61. The van der Waals surface area contributed by atoms with Crippen LogP contribution in [-0.4, -0.2) is 71.5 Å². The summed E-state index contributed by atoms with van der Waals surface area (Å²) in [5, 5.41) is 18.4. The third kappa shape index (κ3) is 13.9. The molecule has 2 aliphatic rings. The van der Waals surface area contributed by atoms with Gasteiger partial charge in [0.15, 0.2) is 0 Å². The van der Waals surface area contributed by atoms with Gasteiger partial charge in [0.1, 0.15) is 0 Å². The summed E-state index contributed by atoms with van der Waals surface area (Å²) < 4.78 is 0. The average Bonchev–Trinajstić information content (AvgIpc) is 2.79. The molecule has 4 heteroatoms. The lowest BCUT2D eigenvalue weighted by Crippen LogP contribution is -2.32. The van der Waals surface area contributed by atoms with Gasteiger partial charge in [-0.1, -0.05) is 27.7 Å². The van der Waals surface area contributed by atoms with Crippen LogP contribution in [0.3, 0.4) is 0 Å². The molecule has 142 valence electrons. The molecule has 0 aromatic heterocycles. The molecule has 2 saturated heterocycles. The highest BCUT2D eigenvalue weighted by Gasteiger charge is 2.16. The Morgan fingerprint density at radius 3 is 1.61 bits per heavy atom. The van der Waals surface area contributed by atoms with Crippen molar-refractivity contribution in [2.24, 2.45) is 0 Å². The topological polar surface area (TPSA) is 46.9 Å². The minimum absolute atomic E-state index is 0.0220. The fraction of sp³-hybridized carbons (Fsp3) is 1.00. The van der Waals surface area contributed by atoms with Crippen molar-refractivity contribution in [3.8, 4) is 0 Å². The van der Waals surface area contributed by atoms with E-state index in [9.17, 15) is 5.11 Å². The highest BCUT2D eigenvalue weighted by atomic mass is 16.3. The molecule has 0 saturated carbocycles. The van der Waals surface area contributed by atoms with E-state index in [1.807, 2.05) is 27.7 Å². The molecule has 23 heavy (non-hydrogen) atoms. The second kappa shape index (κ2) is 16.7. The molecule has 2 rings (SSSR count). The van der Waals surface area contributed by atoms with Crippen molar-refractivity contribution >= 4 is 0 Å². The summed E-state index contributed by atoms with van der Waals surface area (Å²) in [6, 6.07) is 0.639. The normalized spacial score (nSPS) is 23.5. The molecule has 0 aromatic rings. The first-order chi connectivity index (χ1) is 11.0. The van der Waals surface area contributed by atoms with Gasteiger partial charge in [0.25, 0.3) is 0 Å². The number of likely N-dealkylation sites (tertiary alicyclic amines) is 2. The van der Waals surface area contributed by atoms with Crippen molar-refractivity contribution in [3.63, 3.8) is 0 Å². The lowest BCUT2D eigenvalue weighted by molar-refractivity contribution is 0.0943. The summed E-state index contributed by atoms with van der Waals surface area (Å²) in [7, 11) is 2.09. The van der Waals surface area contributed by atoms with Crippen LogP contribution in [0.15, 0.2) is 0 Å². The maximum absolute atomic E-state index is 9.36. The molecule has 0 amide bonds. The Balaban J connectivity index is 0. The van der Waals surface area contributed by atoms with E-state index in [0.717, 1.165) is 58.3 Å². The summed E-state index contributed by atoms with van der Waals surface area (Å²) in [5.41, 5.74) is 0. The fourth-order valence-electron chi connectivity index (χ4n) is 2.61. The van der Waals surface area contributed by atoms with Crippen LogP contribution in [0.2, 0.25) is 0 Å². The Hall–Kier alpha value is -0.160. The van der Waals surface area contributed by atoms with E-state index >= 15 is 0 Å². The van der Waals surface area contributed by atoms with Gasteiger partial charge in [0, 0.05) is 25.7 Å². The van der Waals surface area contributed by atoms with Gasteiger partial charge >= 0.3 is 0 Å². The summed E-state index contributed by atoms with van der Waals surface area (Å²) in [5.74, 6) is 0. The monoisotopic (exact) mass is 332 g/mol. The van der Waals surface area contributed by atoms with Gasteiger partial charge in [0.05, 0.1) is 12.2 Å². The second-order valence-corrected chi connectivity index (χ2v) is 6.25. The van der Waals surface area contributed by atoms with Crippen LogP contribution in [0, 0.1) is 0 Å². The van der Waals surface area contributed by atoms with Crippen molar-refractivity contribution in [2.75, 3.05) is 33.2 Å². The molecule has 1 atom stereocenters. The number of hydrogen-bond acceptors (Lipinski definition) is 4. The summed E-state index contributed by atoms with van der Waals surface area (Å²) >= 11 is 0. The summed E-state index contributed by atoms with van der Waals surface area (Å²) in [4.78, 5) is 4.68. The average molecular weight is 333 g/mol. The van der Waals surface area contributed by atoms with Gasteiger partial charge in [0.2, 0.25) is 0 Å². The Labute approximate surface area is 145 Å². The molecule has 1 unspecified atom stereocenters. The molecule has 0 aromatic carbocycles. The molecular weight excluding hydrogens is 288 g/mol. The van der Waals surface area contributed by atoms with E-state index in [4.69, 9.17) is 5.11 Å². The van der Waals surface area contributed by atoms with Crippen LogP contribution in [0.4, 0.5) is 0 Å². The van der Waals surface area contributed by atoms with Crippen molar-refractivity contribution in [2.45, 2.75) is 91.9 Å². The quantitative estimate of drug-likeness (QED) is 0.773. The summed E-state index contributed by atoms with van der Waals surface area (Å²) in [6.45, 7) is 16.8. The Kier molecular flexibility index (Phi) is 18.2. The van der Waals surface area contributed by atoms with Crippen molar-refractivity contribution in [3.05, 3.63) is 0 Å². The van der Waals surface area contributed by atoms with Crippen LogP contribution in [0.5, 0.6) is 0 Å². The first-order valence-electron chi connectivity index (χ1n) is 9.77. The minimum Gasteiger partial charge on any atom is -0.393 e. The van der Waals surface area contributed by atoms with E-state index in [2.05, 4.69) is 30.7 Å². The largest absolute Gasteiger partial charge is 0.393 e. The van der Waals surface area contributed by atoms with E-state index < -0.39 is 0 Å². The number of piperidine rings is 1. The Bertz CT molecular complexity index is 219. The standard InChI is InChI=1S/C9H19NO.C6H13NO.2C2H6/c1-8(2)10-6-3-4-9(11)5-7-10;1-7-4-2-6(8)3-5-7;2*1-2/h8-9,11H,3-7H2,1-2H3;6,8H,2-5H2,1H3;2*1-2H3. The summed E-state index contributed by atoms with van der Waals surface area (Å²) in [6.07, 6.45) is 4.94. The third-order valence-corrected chi connectivity index (χ3v) is 4.15. The number of nitrogens with zero attached hydrogens (tertiary/aromatic N) is 2. The van der Waals surface area contributed by atoms with Gasteiger partial charge in [-0.15, -0.1) is 0 Å². The minimum atomic E-state index is -0.0428. The number of hydrogen-bond donors (Lipinski definition) is 2. The second-order valence-electron chi connectivity index (χ2n) is 6.25. The van der Waals surface area contributed by atoms with Gasteiger partial charge in [-0.2, -0.15) is 0 Å². The van der Waals surface area contributed by atoms with Gasteiger partial charge in [-0.25, -0.2) is 0 Å². The Morgan fingerprint density at radius 2 is 1.17 bits per heavy atom. The van der Waals surface area contributed by atoms with E-state index in [1.165, 1.54) is 0 Å². The molecule has 2 heterocycles. The SMILES string of the molecule is CC.CC.CC(C)N1CCCC(O)CC1.CN1CCC(O)CC1. The number of aliphatic hydroxyl groups excluding tert-OH is 2. The molecule has 2 N–H and O–H groups in total. The zero-order valence-electron chi connectivity index (χ0n) is 16.9. The van der Waals surface area contributed by atoms with E-state index in [0.29, 0.717) is 6.04 Å². The predicted octanol–water partition coefficient (Wildman–Crippen LogP) is 3.37. The smallest absolute Gasteiger partial charge is 0.0564 e. The highest BCUT2D eigenvalue weighted by molar-refractivity contribution is 4.71. The van der Waals surface area contributed by atoms with Gasteiger partial charge in [-0.05, 0) is 59.5 Å². The lowest BCUT2D eigenvalue weighted by atomic mass is 10.1. The van der Waals surface area contributed by atoms with Crippen LogP contribution < -0.4 is 0 Å². The van der Waals surface area contributed by atoms with Crippen molar-refractivity contribution in [1.29, 1.82) is 0 Å². The zero-order valence-corrected chi connectivity index (χ0v) is 16.9. The zero-order chi connectivity index (χ0) is 18.3. The van der Waals surface area contributed by atoms with Crippen LogP contribution in [0.25, 0.3) is 0 Å². The molecule has 0 spiro atoms. The van der Waals surface area contributed by atoms with Gasteiger partial charge < -0.3 is 20.0 Å². The Morgan fingerprint density at radius 1 is 0.739 bits per heavy atom. The molecule has 0 radical (unpaired) electrons. The molecule has 4 nitrogen and oxygen atoms in total. The van der Waals surface area contributed by atoms with Crippen LogP contribution >= 0.6 is 0 Å². The molecular formula is C19H44N2O2. The molecule has 0 bridgehead atoms. The van der Waals surface area contributed by atoms with E-state index in [1.54, 1.807) is 0 Å². The van der Waals surface area contributed by atoms with Crippen LogP contribution in [-0.2, 0) is 0 Å². The maximum Gasteiger partial charge on any atom is 0.0564 e. The number of aliphatic hydroxyl groups is 2. The number of rotatable bonds is 1. The highest BCUT2D eigenvalue weighted by Crippen LogP contribution is 2.12. The van der Waals surface area contributed by atoms with Crippen LogP contribution in [0.1, 0.15) is 73.6 Å². The van der Waals surface area contributed by atoms with Crippen molar-refractivity contribution < 1.29 is 10.2 Å².